The Bertz CT molecular complexity index is 1020. The van der Waals surface area contributed by atoms with Gasteiger partial charge in [-0.05, 0) is 37.5 Å². The lowest BCUT2D eigenvalue weighted by molar-refractivity contribution is -0.276. The Morgan fingerprint density at radius 3 is 2.29 bits per heavy atom. The third kappa shape index (κ3) is 6.68. The number of anilines is 1. The Morgan fingerprint density at radius 2 is 1.68 bits per heavy atom. The van der Waals surface area contributed by atoms with E-state index < -0.39 is 12.2 Å². The van der Waals surface area contributed by atoms with E-state index in [9.17, 15) is 13.2 Å². The lowest BCUT2D eigenvalue weighted by Gasteiger charge is -2.11. The molecule has 0 aliphatic heterocycles. The van der Waals surface area contributed by atoms with E-state index in [4.69, 9.17) is 16.3 Å². The monoisotopic (exact) mass is 453 g/mol. The lowest BCUT2D eigenvalue weighted by atomic mass is 10.1. The predicted octanol–water partition coefficient (Wildman–Crippen LogP) is 5.14. The van der Waals surface area contributed by atoms with Gasteiger partial charge in [0.15, 0.2) is 0 Å². The molecule has 3 rings (SSSR count). The number of nitrogens with zero attached hydrogens (tertiary/aromatic N) is 4. The zero-order valence-corrected chi connectivity index (χ0v) is 17.5. The highest BCUT2D eigenvalue weighted by molar-refractivity contribution is 6.33. The molecule has 0 atom stereocenters. The highest BCUT2D eigenvalue weighted by Gasteiger charge is 2.31. The van der Waals surface area contributed by atoms with Gasteiger partial charge in [0.25, 0.3) is 0 Å². The van der Waals surface area contributed by atoms with Crippen LogP contribution in [0.15, 0.2) is 36.4 Å². The van der Waals surface area contributed by atoms with Crippen molar-refractivity contribution in [2.24, 2.45) is 0 Å². The molecule has 0 aliphatic carbocycles. The number of aromatic nitrogens is 4. The second kappa shape index (κ2) is 9.78. The van der Waals surface area contributed by atoms with Crippen LogP contribution in [-0.4, -0.2) is 33.1 Å². The summed E-state index contributed by atoms with van der Waals surface area (Å²) in [6.45, 7) is 4.42. The number of rotatable bonds is 8. The number of nitrogens with one attached hydrogen (secondary N) is 1. The van der Waals surface area contributed by atoms with Crippen LogP contribution in [0.25, 0.3) is 0 Å². The lowest BCUT2D eigenvalue weighted by Crippen LogP contribution is -2.18. The molecule has 7 nitrogen and oxygen atoms in total. The number of hydrogen-bond donors (Lipinski definition) is 1. The normalized spacial score (nSPS) is 11.3. The smallest absolute Gasteiger partial charge is 0.438 e. The SMILES string of the molecule is CCc1nc(C)nc(NCCc2ccc(Oc3ccc(OC(F)(F)F)nn3)cc2)c1Cl. The maximum absolute atomic E-state index is 12.1. The average Bonchev–Trinajstić information content (AvgIpc) is 2.72. The molecule has 0 saturated carbocycles. The van der Waals surface area contributed by atoms with Gasteiger partial charge in [0.2, 0.25) is 11.8 Å². The predicted molar refractivity (Wildman–Crippen MR) is 109 cm³/mol. The Labute approximate surface area is 181 Å². The van der Waals surface area contributed by atoms with Gasteiger partial charge in [-0.25, -0.2) is 9.97 Å². The third-order valence-electron chi connectivity index (χ3n) is 4.05. The van der Waals surface area contributed by atoms with Gasteiger partial charge in [-0.2, -0.15) is 0 Å². The van der Waals surface area contributed by atoms with Crippen LogP contribution in [0.4, 0.5) is 19.0 Å². The van der Waals surface area contributed by atoms with E-state index in [1.807, 2.05) is 26.0 Å². The molecule has 0 fully saturated rings. The number of hydrogen-bond acceptors (Lipinski definition) is 7. The van der Waals surface area contributed by atoms with Crippen LogP contribution in [-0.2, 0) is 12.8 Å². The summed E-state index contributed by atoms with van der Waals surface area (Å²) in [5.41, 5.74) is 1.84. The molecule has 0 aliphatic rings. The van der Waals surface area contributed by atoms with Crippen LogP contribution in [0.1, 0.15) is 24.0 Å². The number of benzene rings is 1. The fourth-order valence-corrected chi connectivity index (χ4v) is 2.96. The Balaban J connectivity index is 1.53. The minimum atomic E-state index is -4.82. The first-order valence-electron chi connectivity index (χ1n) is 9.36. The van der Waals surface area contributed by atoms with Crippen LogP contribution in [0.3, 0.4) is 0 Å². The largest absolute Gasteiger partial charge is 0.574 e. The van der Waals surface area contributed by atoms with Gasteiger partial charge in [-0.3, -0.25) is 0 Å². The number of aryl methyl sites for hydroxylation is 2. The summed E-state index contributed by atoms with van der Waals surface area (Å²) in [6, 6.07) is 9.47. The van der Waals surface area contributed by atoms with Gasteiger partial charge >= 0.3 is 6.36 Å². The fraction of sp³-hybridized carbons (Fsp3) is 0.300. The molecular weight excluding hydrogens is 435 g/mol. The number of ether oxygens (including phenoxy) is 2. The molecule has 2 aromatic heterocycles. The fourth-order valence-electron chi connectivity index (χ4n) is 2.67. The van der Waals surface area contributed by atoms with Crippen LogP contribution < -0.4 is 14.8 Å². The summed E-state index contributed by atoms with van der Waals surface area (Å²) in [6.07, 6.45) is -3.39. The summed E-state index contributed by atoms with van der Waals surface area (Å²) in [4.78, 5) is 8.66. The molecule has 1 N–H and O–H groups in total. The maximum Gasteiger partial charge on any atom is 0.574 e. The Kier molecular flexibility index (Phi) is 7.11. The molecule has 2 heterocycles. The number of halogens is 4. The Hall–Kier alpha value is -3.14. The molecule has 0 unspecified atom stereocenters. The van der Waals surface area contributed by atoms with Crippen molar-refractivity contribution in [2.75, 3.05) is 11.9 Å². The molecule has 1 aromatic carbocycles. The quantitative estimate of drug-likeness (QED) is 0.506. The summed E-state index contributed by atoms with van der Waals surface area (Å²) < 4.78 is 45.6. The van der Waals surface area contributed by atoms with Crippen molar-refractivity contribution in [2.45, 2.75) is 33.1 Å². The molecule has 0 amide bonds. The summed E-state index contributed by atoms with van der Waals surface area (Å²) in [5, 5.41) is 10.6. The molecule has 11 heteroatoms. The van der Waals surface area contributed by atoms with Crippen molar-refractivity contribution in [3.8, 4) is 17.5 Å². The van der Waals surface area contributed by atoms with E-state index in [1.54, 1.807) is 12.1 Å². The first-order valence-corrected chi connectivity index (χ1v) is 9.74. The Morgan fingerprint density at radius 1 is 1.00 bits per heavy atom. The summed E-state index contributed by atoms with van der Waals surface area (Å²) in [5.74, 6) is 1.13. The van der Waals surface area contributed by atoms with Gasteiger partial charge in [0.05, 0.1) is 5.69 Å². The second-order valence-corrected chi connectivity index (χ2v) is 6.79. The van der Waals surface area contributed by atoms with E-state index in [0.29, 0.717) is 35.4 Å². The summed E-state index contributed by atoms with van der Waals surface area (Å²) in [7, 11) is 0. The molecule has 31 heavy (non-hydrogen) atoms. The van der Waals surface area contributed by atoms with Gasteiger partial charge in [-0.15, -0.1) is 23.4 Å². The van der Waals surface area contributed by atoms with E-state index in [-0.39, 0.29) is 5.88 Å². The molecule has 0 saturated heterocycles. The average molecular weight is 454 g/mol. The summed E-state index contributed by atoms with van der Waals surface area (Å²) >= 11 is 6.32. The van der Waals surface area contributed by atoms with Crippen LogP contribution in [0, 0.1) is 6.92 Å². The van der Waals surface area contributed by atoms with Crippen LogP contribution in [0.5, 0.6) is 17.5 Å². The van der Waals surface area contributed by atoms with Crippen molar-refractivity contribution in [3.63, 3.8) is 0 Å². The van der Waals surface area contributed by atoms with Crippen molar-refractivity contribution in [3.05, 3.63) is 58.5 Å². The second-order valence-electron chi connectivity index (χ2n) is 6.41. The minimum Gasteiger partial charge on any atom is -0.438 e. The molecular formula is C20H19ClF3N5O2. The van der Waals surface area contributed by atoms with E-state index in [1.165, 1.54) is 6.07 Å². The third-order valence-corrected chi connectivity index (χ3v) is 4.45. The van der Waals surface area contributed by atoms with E-state index >= 15 is 0 Å². The first kappa shape index (κ1) is 22.5. The van der Waals surface area contributed by atoms with Gasteiger partial charge in [0, 0.05) is 18.7 Å². The number of alkyl halides is 3. The maximum atomic E-state index is 12.1. The van der Waals surface area contributed by atoms with Crippen molar-refractivity contribution >= 4 is 17.4 Å². The molecule has 0 spiro atoms. The van der Waals surface area contributed by atoms with Crippen molar-refractivity contribution in [1.29, 1.82) is 0 Å². The van der Waals surface area contributed by atoms with Gasteiger partial charge in [-0.1, -0.05) is 30.7 Å². The van der Waals surface area contributed by atoms with Gasteiger partial charge in [0.1, 0.15) is 22.4 Å². The zero-order chi connectivity index (χ0) is 22.4. The minimum absolute atomic E-state index is 0.0458. The van der Waals surface area contributed by atoms with Gasteiger partial charge < -0.3 is 14.8 Å². The highest BCUT2D eigenvalue weighted by Crippen LogP contribution is 2.25. The van der Waals surface area contributed by atoms with Crippen LogP contribution in [0.2, 0.25) is 5.02 Å². The zero-order valence-electron chi connectivity index (χ0n) is 16.7. The molecule has 0 radical (unpaired) electrons. The van der Waals surface area contributed by atoms with Crippen molar-refractivity contribution in [1.82, 2.24) is 20.2 Å². The molecule has 164 valence electrons. The topological polar surface area (TPSA) is 82.1 Å². The van der Waals surface area contributed by atoms with E-state index in [2.05, 4.69) is 30.2 Å². The molecule has 0 bridgehead atoms. The standard InChI is InChI=1S/C20H19ClF3N5O2/c1-3-15-18(21)19(27-12(2)26-15)25-11-10-13-4-6-14(7-5-13)30-16-8-9-17(29-28-16)31-20(22,23)24/h4-9H,3,10-11H2,1-2H3,(H,25,26,27). The highest BCUT2D eigenvalue weighted by atomic mass is 35.5. The molecule has 3 aromatic rings. The van der Waals surface area contributed by atoms with E-state index in [0.717, 1.165) is 23.7 Å². The first-order chi connectivity index (χ1) is 14.7. The van der Waals surface area contributed by atoms with Crippen LogP contribution >= 0.6 is 11.6 Å². The van der Waals surface area contributed by atoms with Crippen molar-refractivity contribution < 1.29 is 22.6 Å².